The van der Waals surface area contributed by atoms with Crippen LogP contribution >= 0.6 is 20.0 Å². The van der Waals surface area contributed by atoms with Crippen LogP contribution in [0.15, 0.2) is 0 Å². The normalized spacial score (nSPS) is 38.7. The fraction of sp³-hybridized carbons (Fsp3) is 0.800. The highest BCUT2D eigenvalue weighted by Crippen LogP contribution is 2.37. The van der Waals surface area contributed by atoms with Crippen LogP contribution in [0, 0.1) is 0 Å². The summed E-state index contributed by atoms with van der Waals surface area (Å²) in [6, 6.07) is 0. The molecule has 2 rings (SSSR count). The Kier molecular flexibility index (Phi) is 3.51. The van der Waals surface area contributed by atoms with Gasteiger partial charge in [-0.2, -0.15) is 0 Å². The number of nitrogens with one attached hydrogen (secondary N) is 1. The van der Waals surface area contributed by atoms with Gasteiger partial charge in [-0.15, -0.1) is 11.8 Å². The van der Waals surface area contributed by atoms with Crippen LogP contribution in [0.5, 0.6) is 0 Å². The quantitative estimate of drug-likeness (QED) is 0.744. The molecule has 0 bridgehead atoms. The molecule has 5 heteroatoms. The molecule has 0 aromatic heterocycles. The van der Waals surface area contributed by atoms with E-state index in [-0.39, 0.29) is 4.99 Å². The predicted molar refractivity (Wildman–Crippen MR) is 67.6 cm³/mol. The summed E-state index contributed by atoms with van der Waals surface area (Å²) < 4.78 is 0. The highest BCUT2D eigenvalue weighted by atomic mass is 32.2. The summed E-state index contributed by atoms with van der Waals surface area (Å²) >= 11 is 1.94. The number of Topliss-reactive ketones (excluding diaryl/α,β-unsaturated/α-hetero) is 1. The van der Waals surface area contributed by atoms with E-state index in [1.165, 1.54) is 8.20 Å². The number of carbonyl (C=O) groups is 1. The highest BCUT2D eigenvalue weighted by molar-refractivity contribution is 8.01. The third-order valence-corrected chi connectivity index (χ3v) is 5.54. The Bertz CT molecular complexity index is 277. The molecule has 2 atom stereocenters. The number of hydrogen-bond donors (Lipinski definition) is 1. The Morgan fingerprint density at radius 2 is 2.27 bits per heavy atom. The van der Waals surface area contributed by atoms with Gasteiger partial charge in [-0.25, -0.2) is 0 Å². The van der Waals surface area contributed by atoms with Gasteiger partial charge in [-0.05, 0) is 6.92 Å². The lowest BCUT2D eigenvalue weighted by Gasteiger charge is -2.39. The molecule has 2 unspecified atom stereocenters. The van der Waals surface area contributed by atoms with Crippen LogP contribution in [0.4, 0.5) is 0 Å². The van der Waals surface area contributed by atoms with E-state index in [0.29, 0.717) is 24.4 Å². The smallest absolute Gasteiger partial charge is 0.135 e. The SMILES string of the molecule is C=PC1CSC(C)(N2CCC(=O)CC2)N1. The molecular weight excluding hydrogens is 227 g/mol. The summed E-state index contributed by atoms with van der Waals surface area (Å²) in [5.41, 5.74) is 0. The minimum absolute atomic E-state index is 0.0239. The van der Waals surface area contributed by atoms with Crippen LogP contribution in [0.2, 0.25) is 0 Å². The molecule has 0 saturated carbocycles. The largest absolute Gasteiger partial charge is 0.300 e. The molecule has 0 aromatic rings. The van der Waals surface area contributed by atoms with Crippen molar-refractivity contribution in [1.29, 1.82) is 0 Å². The first-order valence-corrected chi connectivity index (χ1v) is 7.42. The fourth-order valence-electron chi connectivity index (χ4n) is 2.10. The van der Waals surface area contributed by atoms with E-state index < -0.39 is 0 Å². The summed E-state index contributed by atoms with van der Waals surface area (Å²) in [6.07, 6.45) is 5.34. The molecule has 2 aliphatic heterocycles. The van der Waals surface area contributed by atoms with Gasteiger partial charge in [0.2, 0.25) is 0 Å². The van der Waals surface area contributed by atoms with Crippen LogP contribution < -0.4 is 5.32 Å². The van der Waals surface area contributed by atoms with E-state index in [1.807, 2.05) is 11.8 Å². The van der Waals surface area contributed by atoms with Gasteiger partial charge in [0.15, 0.2) is 0 Å². The summed E-state index contributed by atoms with van der Waals surface area (Å²) in [5.74, 6) is 2.02. The molecule has 0 spiro atoms. The van der Waals surface area contributed by atoms with E-state index in [2.05, 4.69) is 23.4 Å². The second-order valence-electron chi connectivity index (χ2n) is 4.16. The van der Waals surface area contributed by atoms with E-state index in [0.717, 1.165) is 18.8 Å². The topological polar surface area (TPSA) is 32.3 Å². The van der Waals surface area contributed by atoms with Crippen molar-refractivity contribution in [3.05, 3.63) is 0 Å². The van der Waals surface area contributed by atoms with Crippen molar-refractivity contribution < 1.29 is 4.79 Å². The van der Waals surface area contributed by atoms with Gasteiger partial charge in [0.05, 0.1) is 5.78 Å². The Hall–Kier alpha value is 0.110. The first-order chi connectivity index (χ1) is 7.14. The lowest BCUT2D eigenvalue weighted by Crippen LogP contribution is -2.55. The number of carbonyl (C=O) groups excluding carboxylic acids is 1. The van der Waals surface area contributed by atoms with Crippen LogP contribution in [-0.4, -0.2) is 46.6 Å². The van der Waals surface area contributed by atoms with Crippen molar-refractivity contribution >= 4 is 32.0 Å². The number of rotatable bonds is 2. The molecule has 15 heavy (non-hydrogen) atoms. The summed E-state index contributed by atoms with van der Waals surface area (Å²) in [7, 11) is 1.17. The lowest BCUT2D eigenvalue weighted by atomic mass is 10.1. The maximum Gasteiger partial charge on any atom is 0.135 e. The molecule has 84 valence electrons. The van der Waals surface area contributed by atoms with Gasteiger partial charge in [0.25, 0.3) is 0 Å². The second kappa shape index (κ2) is 4.54. The van der Waals surface area contributed by atoms with Crippen LogP contribution in [0.3, 0.4) is 0 Å². The summed E-state index contributed by atoms with van der Waals surface area (Å²) in [6.45, 7) is 4.02. The molecule has 0 radical (unpaired) electrons. The number of likely N-dealkylation sites (tertiary alicyclic amines) is 1. The zero-order chi connectivity index (χ0) is 10.9. The van der Waals surface area contributed by atoms with E-state index in [9.17, 15) is 4.79 Å². The standard InChI is InChI=1S/C10H17N2OPS/c1-10(11-9(14-2)7-15-10)12-5-3-8(13)4-6-12/h9,11H,2-7H2,1H3. The maximum absolute atomic E-state index is 11.2. The van der Waals surface area contributed by atoms with E-state index in [4.69, 9.17) is 0 Å². The van der Waals surface area contributed by atoms with Crippen LogP contribution in [0.1, 0.15) is 19.8 Å². The number of hydrogen-bond acceptors (Lipinski definition) is 4. The molecule has 1 N–H and O–H groups in total. The van der Waals surface area contributed by atoms with Gasteiger partial charge in [0, 0.05) is 31.7 Å². The monoisotopic (exact) mass is 244 g/mol. The number of ketones is 1. The van der Waals surface area contributed by atoms with Crippen LogP contribution in [0.25, 0.3) is 0 Å². The minimum atomic E-state index is 0.0239. The number of nitrogens with zero attached hydrogens (tertiary/aromatic N) is 1. The zero-order valence-electron chi connectivity index (χ0n) is 9.03. The average Bonchev–Trinajstić information content (AvgIpc) is 2.62. The van der Waals surface area contributed by atoms with E-state index in [1.54, 1.807) is 0 Å². The Morgan fingerprint density at radius 3 is 2.80 bits per heavy atom. The fourth-order valence-corrected chi connectivity index (χ4v) is 4.33. The van der Waals surface area contributed by atoms with Gasteiger partial charge >= 0.3 is 0 Å². The highest BCUT2D eigenvalue weighted by Gasteiger charge is 2.40. The Labute approximate surface area is 96.8 Å². The molecule has 2 heterocycles. The Balaban J connectivity index is 1.98. The van der Waals surface area contributed by atoms with Crippen molar-refractivity contribution in [2.24, 2.45) is 0 Å². The number of piperidine rings is 1. The third kappa shape index (κ3) is 2.44. The zero-order valence-corrected chi connectivity index (χ0v) is 10.7. The third-order valence-electron chi connectivity index (χ3n) is 3.10. The molecule has 2 saturated heterocycles. The van der Waals surface area contributed by atoms with Gasteiger partial charge < -0.3 is 0 Å². The van der Waals surface area contributed by atoms with Crippen LogP contribution in [-0.2, 0) is 4.79 Å². The van der Waals surface area contributed by atoms with Gasteiger partial charge in [-0.1, -0.05) is 14.5 Å². The van der Waals surface area contributed by atoms with Crippen molar-refractivity contribution in [2.75, 3.05) is 18.8 Å². The minimum Gasteiger partial charge on any atom is -0.300 e. The average molecular weight is 244 g/mol. The summed E-state index contributed by atoms with van der Waals surface area (Å²) in [4.78, 5) is 13.6. The molecule has 2 aliphatic rings. The lowest BCUT2D eigenvalue weighted by molar-refractivity contribution is -0.122. The van der Waals surface area contributed by atoms with Gasteiger partial charge in [-0.3, -0.25) is 15.0 Å². The first kappa shape index (κ1) is 11.6. The predicted octanol–water partition coefficient (Wildman–Crippen LogP) is 1.37. The second-order valence-corrected chi connectivity index (χ2v) is 6.57. The number of thioether (sulfide) groups is 1. The first-order valence-electron chi connectivity index (χ1n) is 5.28. The van der Waals surface area contributed by atoms with E-state index >= 15 is 0 Å². The Morgan fingerprint density at radius 1 is 1.60 bits per heavy atom. The van der Waals surface area contributed by atoms with Gasteiger partial charge in [0.1, 0.15) is 10.8 Å². The van der Waals surface area contributed by atoms with Crippen molar-refractivity contribution in [3.8, 4) is 0 Å². The molecule has 0 aliphatic carbocycles. The van der Waals surface area contributed by atoms with Crippen molar-refractivity contribution in [3.63, 3.8) is 0 Å². The van der Waals surface area contributed by atoms with Crippen molar-refractivity contribution in [1.82, 2.24) is 10.2 Å². The maximum atomic E-state index is 11.2. The molecule has 0 amide bonds. The molecule has 3 nitrogen and oxygen atoms in total. The summed E-state index contributed by atoms with van der Waals surface area (Å²) in [5, 5.41) is 3.60. The molecule has 2 fully saturated rings. The van der Waals surface area contributed by atoms with Crippen molar-refractivity contribution in [2.45, 2.75) is 30.5 Å². The molecular formula is C10H17N2OPS. The molecule has 0 aromatic carbocycles.